The largest absolute Gasteiger partial charge is 0.310 e. The molecule has 1 nitrogen and oxygen atoms in total. The van der Waals surface area contributed by atoms with Gasteiger partial charge in [-0.1, -0.05) is 147 Å². The minimum Gasteiger partial charge on any atom is -0.310 e. The fourth-order valence-electron chi connectivity index (χ4n) is 9.05. The zero-order chi connectivity index (χ0) is 36.7. The summed E-state index contributed by atoms with van der Waals surface area (Å²) in [5.74, 6) is 0. The Morgan fingerprint density at radius 1 is 0.400 bits per heavy atom. The lowest BCUT2D eigenvalue weighted by Gasteiger charge is -2.30. The topological polar surface area (TPSA) is 3.24 Å². The van der Waals surface area contributed by atoms with E-state index < -0.39 is 0 Å². The Morgan fingerprint density at radius 2 is 1.05 bits per heavy atom. The van der Waals surface area contributed by atoms with Crippen molar-refractivity contribution < 1.29 is 0 Å². The van der Waals surface area contributed by atoms with Gasteiger partial charge in [0.15, 0.2) is 0 Å². The lowest BCUT2D eigenvalue weighted by molar-refractivity contribution is 0.660. The average Bonchev–Trinajstić information content (AvgIpc) is 3.73. The minimum absolute atomic E-state index is 0.107. The van der Waals surface area contributed by atoms with E-state index in [4.69, 9.17) is 0 Å². The van der Waals surface area contributed by atoms with Crippen molar-refractivity contribution in [3.05, 3.63) is 199 Å². The van der Waals surface area contributed by atoms with E-state index in [1.165, 1.54) is 86.2 Å². The average molecular weight is 720 g/mol. The van der Waals surface area contributed by atoms with Gasteiger partial charge in [-0.3, -0.25) is 0 Å². The summed E-state index contributed by atoms with van der Waals surface area (Å²) in [6.45, 7) is 4.72. The maximum Gasteiger partial charge on any atom is 0.0540 e. The lowest BCUT2D eigenvalue weighted by Crippen LogP contribution is -2.16. The highest BCUT2D eigenvalue weighted by atomic mass is 32.1. The number of fused-ring (bicyclic) bond motifs is 9. The summed E-state index contributed by atoms with van der Waals surface area (Å²) in [7, 11) is 0. The van der Waals surface area contributed by atoms with Crippen LogP contribution in [0.5, 0.6) is 0 Å². The Hall–Kier alpha value is -6.48. The van der Waals surface area contributed by atoms with E-state index in [-0.39, 0.29) is 5.41 Å². The van der Waals surface area contributed by atoms with Crippen molar-refractivity contribution in [2.24, 2.45) is 0 Å². The van der Waals surface area contributed by atoms with Gasteiger partial charge in [0.1, 0.15) is 0 Å². The Labute approximate surface area is 325 Å². The molecular formula is C53H37NS. The quantitative estimate of drug-likeness (QED) is 0.171. The summed E-state index contributed by atoms with van der Waals surface area (Å²) in [5, 5.41) is 7.76. The molecule has 2 heteroatoms. The number of benzene rings is 9. The molecule has 55 heavy (non-hydrogen) atoms. The summed E-state index contributed by atoms with van der Waals surface area (Å²) < 4.78 is 2.67. The number of anilines is 3. The molecule has 0 amide bonds. The number of nitrogens with zero attached hydrogens (tertiary/aromatic N) is 1. The molecule has 0 saturated carbocycles. The first-order chi connectivity index (χ1) is 27.0. The first-order valence-corrected chi connectivity index (χ1v) is 19.9. The maximum atomic E-state index is 2.45. The fourth-order valence-corrected chi connectivity index (χ4v) is 10.2. The Kier molecular flexibility index (Phi) is 7.14. The van der Waals surface area contributed by atoms with Crippen LogP contribution in [0.4, 0.5) is 17.1 Å². The summed E-state index contributed by atoms with van der Waals surface area (Å²) >= 11 is 1.88. The highest BCUT2D eigenvalue weighted by molar-refractivity contribution is 7.26. The molecule has 260 valence electrons. The van der Waals surface area contributed by atoms with Gasteiger partial charge in [0.25, 0.3) is 0 Å². The second-order valence-corrected chi connectivity index (χ2v) is 16.4. The monoisotopic (exact) mass is 719 g/mol. The van der Waals surface area contributed by atoms with Gasteiger partial charge in [-0.2, -0.15) is 0 Å². The summed E-state index contributed by atoms with van der Waals surface area (Å²) in [4.78, 5) is 2.45. The predicted octanol–water partition coefficient (Wildman–Crippen LogP) is 15.5. The molecule has 0 unspecified atom stereocenters. The van der Waals surface area contributed by atoms with Gasteiger partial charge in [-0.05, 0) is 115 Å². The summed E-state index contributed by atoms with van der Waals surface area (Å²) in [5.41, 5.74) is 13.6. The van der Waals surface area contributed by atoms with Crippen LogP contribution in [-0.2, 0) is 5.41 Å². The third-order valence-electron chi connectivity index (χ3n) is 11.8. The highest BCUT2D eigenvalue weighted by Crippen LogP contribution is 2.51. The third kappa shape index (κ3) is 5.06. The van der Waals surface area contributed by atoms with Gasteiger partial charge >= 0.3 is 0 Å². The molecule has 10 aromatic rings. The van der Waals surface area contributed by atoms with Crippen LogP contribution in [-0.4, -0.2) is 0 Å². The van der Waals surface area contributed by atoms with Crippen LogP contribution >= 0.6 is 11.3 Å². The van der Waals surface area contributed by atoms with Crippen LogP contribution in [0.15, 0.2) is 188 Å². The van der Waals surface area contributed by atoms with Crippen LogP contribution in [0.3, 0.4) is 0 Å². The molecular weight excluding hydrogens is 683 g/mol. The third-order valence-corrected chi connectivity index (χ3v) is 13.0. The molecule has 0 bridgehead atoms. The zero-order valence-corrected chi connectivity index (χ0v) is 31.6. The van der Waals surface area contributed by atoms with Crippen molar-refractivity contribution in [3.63, 3.8) is 0 Å². The van der Waals surface area contributed by atoms with Crippen molar-refractivity contribution in [1.82, 2.24) is 0 Å². The normalized spacial score (nSPS) is 13.1. The van der Waals surface area contributed by atoms with Crippen LogP contribution in [0, 0.1) is 0 Å². The number of rotatable bonds is 5. The molecule has 1 aliphatic rings. The Morgan fingerprint density at radius 3 is 1.95 bits per heavy atom. The molecule has 0 atom stereocenters. The van der Waals surface area contributed by atoms with E-state index in [0.717, 1.165) is 17.1 Å². The van der Waals surface area contributed by atoms with Gasteiger partial charge in [0, 0.05) is 42.5 Å². The predicted molar refractivity (Wildman–Crippen MR) is 237 cm³/mol. The fraction of sp³-hybridized carbons (Fsp3) is 0.0566. The molecule has 9 aromatic carbocycles. The first-order valence-electron chi connectivity index (χ1n) is 19.1. The smallest absolute Gasteiger partial charge is 0.0540 e. The molecule has 1 aliphatic carbocycles. The van der Waals surface area contributed by atoms with E-state index in [0.29, 0.717) is 0 Å². The number of para-hydroxylation sites is 1. The van der Waals surface area contributed by atoms with Gasteiger partial charge in [0.05, 0.1) is 5.69 Å². The van der Waals surface area contributed by atoms with E-state index in [9.17, 15) is 0 Å². The maximum absolute atomic E-state index is 2.45. The molecule has 0 fully saturated rings. The Bertz CT molecular complexity index is 3130. The SMILES string of the molecule is CC1(C)c2ccccc2-c2ccc(N(c3ccc(-c4ccc5ccc6sc7ccccc7c6c5c4)cc3)c3ccccc3-c3ccc4ccccc4c3)cc21. The van der Waals surface area contributed by atoms with Crippen LogP contribution in [0.25, 0.3) is 75.1 Å². The molecule has 0 N–H and O–H groups in total. The molecule has 0 aliphatic heterocycles. The van der Waals surface area contributed by atoms with Gasteiger partial charge in [-0.25, -0.2) is 0 Å². The van der Waals surface area contributed by atoms with E-state index >= 15 is 0 Å². The van der Waals surface area contributed by atoms with Crippen LogP contribution < -0.4 is 4.90 Å². The second kappa shape index (κ2) is 12.3. The number of hydrogen-bond acceptors (Lipinski definition) is 2. The van der Waals surface area contributed by atoms with Gasteiger partial charge < -0.3 is 4.90 Å². The van der Waals surface area contributed by atoms with E-state index in [2.05, 4.69) is 207 Å². The molecule has 1 heterocycles. The van der Waals surface area contributed by atoms with Crippen molar-refractivity contribution in [1.29, 1.82) is 0 Å². The highest BCUT2D eigenvalue weighted by Gasteiger charge is 2.36. The van der Waals surface area contributed by atoms with E-state index in [1.807, 2.05) is 11.3 Å². The summed E-state index contributed by atoms with van der Waals surface area (Å²) in [6.07, 6.45) is 0. The number of thiophene rings is 1. The molecule has 1 aromatic heterocycles. The molecule has 0 radical (unpaired) electrons. The molecule has 11 rings (SSSR count). The number of hydrogen-bond donors (Lipinski definition) is 0. The van der Waals surface area contributed by atoms with Gasteiger partial charge in [0.2, 0.25) is 0 Å². The van der Waals surface area contributed by atoms with Crippen molar-refractivity contribution in [2.45, 2.75) is 19.3 Å². The van der Waals surface area contributed by atoms with Crippen molar-refractivity contribution in [2.75, 3.05) is 4.90 Å². The summed E-state index contributed by atoms with van der Waals surface area (Å²) in [6, 6.07) is 69.7. The molecule has 0 saturated heterocycles. The molecule has 0 spiro atoms. The second-order valence-electron chi connectivity index (χ2n) is 15.3. The Balaban J connectivity index is 1.07. The van der Waals surface area contributed by atoms with Gasteiger partial charge in [-0.15, -0.1) is 11.3 Å². The van der Waals surface area contributed by atoms with E-state index in [1.54, 1.807) is 0 Å². The first kappa shape index (κ1) is 32.0. The zero-order valence-electron chi connectivity index (χ0n) is 30.8. The van der Waals surface area contributed by atoms with Crippen molar-refractivity contribution in [3.8, 4) is 33.4 Å². The minimum atomic E-state index is -0.107. The van der Waals surface area contributed by atoms with Crippen LogP contribution in [0.1, 0.15) is 25.0 Å². The van der Waals surface area contributed by atoms with Crippen molar-refractivity contribution >= 4 is 70.1 Å². The lowest BCUT2D eigenvalue weighted by atomic mass is 9.82. The van der Waals surface area contributed by atoms with Crippen LogP contribution in [0.2, 0.25) is 0 Å². The standard InChI is InChI=1S/C53H37NS/c1-53(2)47-16-8-5-14-43(47)44-29-28-41(33-48(44)53)54(49-17-9-6-13-42(49)39-22-19-34-11-3-4-12-37(34)31-39)40-26-23-35(24-27-40)38-21-20-36-25-30-51-52(46(36)32-38)45-15-7-10-18-50(45)55-51/h3-33H,1-2H3.